The third-order valence-electron chi connectivity index (χ3n) is 2.37. The molecule has 0 aliphatic heterocycles. The minimum absolute atomic E-state index is 0.0154. The molecule has 0 atom stereocenters. The third-order valence-corrected chi connectivity index (χ3v) is 3.10. The van der Waals surface area contributed by atoms with Crippen LogP contribution in [0.5, 0.6) is 0 Å². The van der Waals surface area contributed by atoms with Crippen molar-refractivity contribution >= 4 is 28.3 Å². The summed E-state index contributed by atoms with van der Waals surface area (Å²) in [6.45, 7) is 0.300. The van der Waals surface area contributed by atoms with E-state index in [0.29, 0.717) is 22.3 Å². The number of thiazole rings is 1. The SMILES string of the molecule is COCC(=O)NCc1ccc(-c2csc(N=C(N)N)n2)o1. The highest BCUT2D eigenvalue weighted by Gasteiger charge is 2.10. The number of nitrogens with two attached hydrogens (primary N) is 2. The summed E-state index contributed by atoms with van der Waals surface area (Å²) < 4.78 is 10.3. The quantitative estimate of drug-likeness (QED) is 0.528. The van der Waals surface area contributed by atoms with E-state index in [0.717, 1.165) is 0 Å². The molecule has 0 saturated heterocycles. The van der Waals surface area contributed by atoms with Crippen molar-refractivity contribution in [2.24, 2.45) is 16.5 Å². The second-order valence-corrected chi connectivity index (χ2v) is 4.86. The largest absolute Gasteiger partial charge is 0.458 e. The van der Waals surface area contributed by atoms with Gasteiger partial charge in [-0.15, -0.1) is 11.3 Å². The molecule has 2 aromatic heterocycles. The van der Waals surface area contributed by atoms with Crippen LogP contribution in [0.15, 0.2) is 26.9 Å². The van der Waals surface area contributed by atoms with E-state index < -0.39 is 0 Å². The van der Waals surface area contributed by atoms with E-state index in [9.17, 15) is 4.79 Å². The van der Waals surface area contributed by atoms with E-state index in [1.165, 1.54) is 18.4 Å². The number of methoxy groups -OCH3 is 1. The fraction of sp³-hybridized carbons (Fsp3) is 0.250. The summed E-state index contributed by atoms with van der Waals surface area (Å²) in [6, 6.07) is 3.54. The lowest BCUT2D eigenvalue weighted by Crippen LogP contribution is -2.26. The average Bonchev–Trinajstić information content (AvgIpc) is 3.04. The van der Waals surface area contributed by atoms with Gasteiger partial charge in [-0.1, -0.05) is 0 Å². The Morgan fingerprint density at radius 3 is 3.05 bits per heavy atom. The van der Waals surface area contributed by atoms with Crippen LogP contribution in [-0.4, -0.2) is 30.6 Å². The first-order valence-electron chi connectivity index (χ1n) is 5.98. The number of carbonyl (C=O) groups is 1. The maximum Gasteiger partial charge on any atom is 0.246 e. The number of furan rings is 1. The van der Waals surface area contributed by atoms with E-state index in [2.05, 4.69) is 15.3 Å². The van der Waals surface area contributed by atoms with Crippen molar-refractivity contribution in [2.45, 2.75) is 6.54 Å². The van der Waals surface area contributed by atoms with Gasteiger partial charge in [0.1, 0.15) is 18.1 Å². The number of nitrogens with zero attached hydrogens (tertiary/aromatic N) is 2. The van der Waals surface area contributed by atoms with Crippen molar-refractivity contribution in [3.63, 3.8) is 0 Å². The van der Waals surface area contributed by atoms with Gasteiger partial charge in [0.15, 0.2) is 11.7 Å². The molecule has 0 bridgehead atoms. The Morgan fingerprint density at radius 2 is 2.33 bits per heavy atom. The third kappa shape index (κ3) is 4.29. The van der Waals surface area contributed by atoms with E-state index in [4.69, 9.17) is 20.6 Å². The standard InChI is InChI=1S/C12H15N5O3S/c1-19-5-10(18)15-4-7-2-3-9(20-7)8-6-21-12(16-8)17-11(13)14/h2-3,6H,4-5H2,1H3,(H,15,18)(H4,13,14,16,17). The highest BCUT2D eigenvalue weighted by atomic mass is 32.1. The zero-order valence-corrected chi connectivity index (χ0v) is 12.1. The number of ether oxygens (including phenoxy) is 1. The molecule has 2 rings (SSSR count). The number of hydrogen-bond acceptors (Lipinski definition) is 6. The first kappa shape index (κ1) is 15.0. The van der Waals surface area contributed by atoms with Crippen LogP contribution in [0.3, 0.4) is 0 Å². The first-order valence-corrected chi connectivity index (χ1v) is 6.86. The van der Waals surface area contributed by atoms with Crippen molar-refractivity contribution in [1.82, 2.24) is 10.3 Å². The lowest BCUT2D eigenvalue weighted by atomic mass is 10.3. The summed E-state index contributed by atoms with van der Waals surface area (Å²) in [5, 5.41) is 4.91. The summed E-state index contributed by atoms with van der Waals surface area (Å²) >= 11 is 1.30. The van der Waals surface area contributed by atoms with E-state index in [-0.39, 0.29) is 25.0 Å². The van der Waals surface area contributed by atoms with Gasteiger partial charge in [0, 0.05) is 12.5 Å². The van der Waals surface area contributed by atoms with Gasteiger partial charge in [0.25, 0.3) is 0 Å². The molecule has 2 heterocycles. The molecule has 0 unspecified atom stereocenters. The van der Waals surface area contributed by atoms with Gasteiger partial charge in [0.05, 0.1) is 6.54 Å². The van der Waals surface area contributed by atoms with Crippen LogP contribution in [-0.2, 0) is 16.1 Å². The first-order chi connectivity index (χ1) is 10.1. The van der Waals surface area contributed by atoms with Crippen LogP contribution in [0.4, 0.5) is 5.13 Å². The lowest BCUT2D eigenvalue weighted by molar-refractivity contribution is -0.124. The highest BCUT2D eigenvalue weighted by Crippen LogP contribution is 2.27. The second kappa shape index (κ2) is 6.86. The number of aliphatic imine (C=N–C) groups is 1. The molecular weight excluding hydrogens is 294 g/mol. The van der Waals surface area contributed by atoms with Gasteiger partial charge >= 0.3 is 0 Å². The Hall–Kier alpha value is -2.39. The van der Waals surface area contributed by atoms with Crippen LogP contribution in [0.2, 0.25) is 0 Å². The van der Waals surface area contributed by atoms with E-state index in [1.807, 2.05) is 0 Å². The van der Waals surface area contributed by atoms with Crippen LogP contribution in [0.1, 0.15) is 5.76 Å². The summed E-state index contributed by atoms with van der Waals surface area (Å²) in [7, 11) is 1.46. The number of nitrogens with one attached hydrogen (secondary N) is 1. The fourth-order valence-corrected chi connectivity index (χ4v) is 2.21. The second-order valence-electron chi connectivity index (χ2n) is 4.03. The van der Waals surface area contributed by atoms with Crippen molar-refractivity contribution in [3.8, 4) is 11.5 Å². The molecule has 0 aromatic carbocycles. The summed E-state index contributed by atoms with van der Waals surface area (Å²) in [6.07, 6.45) is 0. The molecular formula is C12H15N5O3S. The minimum atomic E-state index is -0.209. The molecule has 21 heavy (non-hydrogen) atoms. The average molecular weight is 309 g/mol. The van der Waals surface area contributed by atoms with Gasteiger partial charge in [-0.3, -0.25) is 4.79 Å². The Bertz CT molecular complexity index is 645. The molecule has 1 amide bonds. The smallest absolute Gasteiger partial charge is 0.246 e. The highest BCUT2D eigenvalue weighted by molar-refractivity contribution is 7.13. The molecule has 112 valence electrons. The number of guanidine groups is 1. The molecule has 0 aliphatic carbocycles. The van der Waals surface area contributed by atoms with Crippen molar-refractivity contribution < 1.29 is 13.9 Å². The predicted molar refractivity (Wildman–Crippen MR) is 79.0 cm³/mol. The summed E-state index contributed by atoms with van der Waals surface area (Å²) in [5.41, 5.74) is 11.2. The molecule has 0 fully saturated rings. The summed E-state index contributed by atoms with van der Waals surface area (Å²) in [4.78, 5) is 19.4. The minimum Gasteiger partial charge on any atom is -0.458 e. The van der Waals surface area contributed by atoms with Crippen LogP contribution in [0.25, 0.3) is 11.5 Å². The fourth-order valence-electron chi connectivity index (χ4n) is 1.52. The Labute approximate surface area is 124 Å². The molecule has 9 heteroatoms. The molecule has 0 spiro atoms. The van der Waals surface area contributed by atoms with E-state index in [1.54, 1.807) is 17.5 Å². The normalized spacial score (nSPS) is 10.3. The van der Waals surface area contributed by atoms with Gasteiger partial charge in [-0.2, -0.15) is 4.99 Å². The van der Waals surface area contributed by atoms with Crippen LogP contribution in [0, 0.1) is 0 Å². The summed E-state index contributed by atoms with van der Waals surface area (Å²) in [5.74, 6) is 0.946. The van der Waals surface area contributed by atoms with Crippen molar-refractivity contribution in [1.29, 1.82) is 0 Å². The van der Waals surface area contributed by atoms with Crippen molar-refractivity contribution in [3.05, 3.63) is 23.3 Å². The Morgan fingerprint density at radius 1 is 1.52 bits per heavy atom. The number of rotatable bonds is 6. The zero-order chi connectivity index (χ0) is 15.2. The van der Waals surface area contributed by atoms with Gasteiger partial charge < -0.3 is 25.9 Å². The van der Waals surface area contributed by atoms with Crippen LogP contribution < -0.4 is 16.8 Å². The lowest BCUT2D eigenvalue weighted by Gasteiger charge is -2.01. The van der Waals surface area contributed by atoms with Gasteiger partial charge in [-0.25, -0.2) is 4.98 Å². The molecule has 2 aromatic rings. The maximum absolute atomic E-state index is 11.3. The molecule has 5 N–H and O–H groups in total. The molecule has 0 radical (unpaired) electrons. The molecule has 0 aliphatic rings. The topological polar surface area (TPSA) is 129 Å². The molecule has 8 nitrogen and oxygen atoms in total. The Kier molecular flexibility index (Phi) is 4.90. The van der Waals surface area contributed by atoms with Gasteiger partial charge in [0.2, 0.25) is 11.0 Å². The number of carbonyl (C=O) groups excluding carboxylic acids is 1. The van der Waals surface area contributed by atoms with Crippen LogP contribution >= 0.6 is 11.3 Å². The Balaban J connectivity index is 2.01. The van der Waals surface area contributed by atoms with Gasteiger partial charge in [-0.05, 0) is 12.1 Å². The van der Waals surface area contributed by atoms with E-state index >= 15 is 0 Å². The monoisotopic (exact) mass is 309 g/mol. The maximum atomic E-state index is 11.3. The predicted octanol–water partition coefficient (Wildman–Crippen LogP) is 0.571. The molecule has 0 saturated carbocycles. The number of amides is 1. The van der Waals surface area contributed by atoms with Crippen molar-refractivity contribution in [2.75, 3.05) is 13.7 Å². The number of aromatic nitrogens is 1. The zero-order valence-electron chi connectivity index (χ0n) is 11.3. The number of hydrogen-bond donors (Lipinski definition) is 3.